The van der Waals surface area contributed by atoms with E-state index in [9.17, 15) is 4.79 Å². The monoisotopic (exact) mass is 424 g/mol. The second-order valence-electron chi connectivity index (χ2n) is 5.52. The van der Waals surface area contributed by atoms with Gasteiger partial charge in [0.15, 0.2) is 5.13 Å². The summed E-state index contributed by atoms with van der Waals surface area (Å²) in [5, 5.41) is 3.47. The molecule has 4 rings (SSSR count). The summed E-state index contributed by atoms with van der Waals surface area (Å²) in [7, 11) is 0. The van der Waals surface area contributed by atoms with E-state index < -0.39 is 0 Å². The van der Waals surface area contributed by atoms with Gasteiger partial charge >= 0.3 is 0 Å². The Balaban J connectivity index is 1.68. The van der Waals surface area contributed by atoms with E-state index in [2.05, 4.69) is 26.2 Å². The maximum absolute atomic E-state index is 12.9. The van der Waals surface area contributed by atoms with E-state index >= 15 is 0 Å². The summed E-state index contributed by atoms with van der Waals surface area (Å²) in [6, 6.07) is 19.0. The molecule has 2 aromatic heterocycles. The van der Waals surface area contributed by atoms with Crippen molar-refractivity contribution < 1.29 is 9.21 Å². The van der Waals surface area contributed by atoms with Crippen LogP contribution < -0.4 is 5.32 Å². The topological polar surface area (TPSA) is 55.1 Å². The highest BCUT2D eigenvalue weighted by Crippen LogP contribution is 2.28. The number of anilines is 1. The Morgan fingerprint density at radius 2 is 1.88 bits per heavy atom. The lowest BCUT2D eigenvalue weighted by Crippen LogP contribution is -2.13. The average molecular weight is 425 g/mol. The molecule has 0 atom stereocenters. The van der Waals surface area contributed by atoms with Crippen LogP contribution >= 0.6 is 27.3 Å². The van der Waals surface area contributed by atoms with Crippen LogP contribution in [-0.2, 0) is 4.79 Å². The average Bonchev–Trinajstić information content (AvgIpc) is 3.29. The lowest BCUT2D eigenvalue weighted by molar-refractivity contribution is -0.111. The number of carbonyl (C=O) groups is 1. The molecule has 0 aliphatic rings. The molecule has 4 aromatic rings. The Bertz CT molecular complexity index is 1050. The summed E-state index contributed by atoms with van der Waals surface area (Å²) in [4.78, 5) is 17.4. The van der Waals surface area contributed by atoms with Gasteiger partial charge in [0.1, 0.15) is 5.76 Å². The smallest absolute Gasteiger partial charge is 0.258 e. The van der Waals surface area contributed by atoms with Crippen LogP contribution in [0.2, 0.25) is 0 Å². The number of hydrogen-bond donors (Lipinski definition) is 1. The van der Waals surface area contributed by atoms with Gasteiger partial charge in [0.2, 0.25) is 0 Å². The third-order valence-corrected chi connectivity index (χ3v) is 5.22. The van der Waals surface area contributed by atoms with Crippen LogP contribution in [0.15, 0.2) is 75.8 Å². The summed E-state index contributed by atoms with van der Waals surface area (Å²) >= 11 is 4.87. The first kappa shape index (κ1) is 16.8. The van der Waals surface area contributed by atoms with Crippen LogP contribution in [0.1, 0.15) is 11.3 Å². The number of nitrogens with zero attached hydrogens (tertiary/aromatic N) is 1. The van der Waals surface area contributed by atoms with Crippen molar-refractivity contribution in [3.05, 3.63) is 82.7 Å². The molecule has 26 heavy (non-hydrogen) atoms. The summed E-state index contributed by atoms with van der Waals surface area (Å²) in [5.74, 6) is 0.380. The first-order chi connectivity index (χ1) is 12.7. The predicted octanol–water partition coefficient (Wildman–Crippen LogP) is 5.83. The molecule has 2 aromatic carbocycles. The minimum absolute atomic E-state index is 0.234. The Kier molecular flexibility index (Phi) is 4.69. The number of para-hydroxylation sites is 1. The first-order valence-corrected chi connectivity index (χ1v) is 9.48. The van der Waals surface area contributed by atoms with Crippen molar-refractivity contribution >= 4 is 60.2 Å². The number of carbonyl (C=O) groups excluding carboxylic acids is 1. The highest BCUT2D eigenvalue weighted by Gasteiger charge is 2.15. The molecule has 2 heterocycles. The number of amides is 1. The van der Waals surface area contributed by atoms with Gasteiger partial charge in [-0.1, -0.05) is 51.5 Å². The van der Waals surface area contributed by atoms with Gasteiger partial charge in [0, 0.05) is 4.47 Å². The zero-order valence-corrected chi connectivity index (χ0v) is 15.9. The molecule has 4 nitrogen and oxygen atoms in total. The minimum Gasteiger partial charge on any atom is -0.465 e. The molecule has 0 saturated heterocycles. The van der Waals surface area contributed by atoms with E-state index in [0.29, 0.717) is 16.5 Å². The molecular weight excluding hydrogens is 412 g/mol. The number of hydrogen-bond acceptors (Lipinski definition) is 4. The number of halogens is 1. The second-order valence-corrected chi connectivity index (χ2v) is 7.47. The van der Waals surface area contributed by atoms with E-state index in [1.54, 1.807) is 18.4 Å². The normalized spacial score (nSPS) is 11.7. The SMILES string of the molecule is O=C(Nc1nc2ccccc2s1)/C(=C/c1ccco1)c1ccc(Br)cc1. The largest absolute Gasteiger partial charge is 0.465 e. The van der Waals surface area contributed by atoms with Crippen molar-refractivity contribution in [3.63, 3.8) is 0 Å². The highest BCUT2D eigenvalue weighted by atomic mass is 79.9. The van der Waals surface area contributed by atoms with Crippen molar-refractivity contribution in [1.29, 1.82) is 0 Å². The number of aromatic nitrogens is 1. The highest BCUT2D eigenvalue weighted by molar-refractivity contribution is 9.10. The lowest BCUT2D eigenvalue weighted by Gasteiger charge is -2.07. The molecule has 0 radical (unpaired) electrons. The van der Waals surface area contributed by atoms with Gasteiger partial charge in [0.25, 0.3) is 5.91 Å². The summed E-state index contributed by atoms with van der Waals surface area (Å²) in [6.07, 6.45) is 3.31. The number of nitrogens with one attached hydrogen (secondary N) is 1. The zero-order chi connectivity index (χ0) is 17.9. The maximum atomic E-state index is 12.9. The van der Waals surface area contributed by atoms with Crippen LogP contribution in [0.3, 0.4) is 0 Å². The molecule has 6 heteroatoms. The number of thiazole rings is 1. The molecule has 0 aliphatic heterocycles. The van der Waals surface area contributed by atoms with E-state index in [4.69, 9.17) is 4.42 Å². The second kappa shape index (κ2) is 7.27. The number of furan rings is 1. The Morgan fingerprint density at radius 1 is 1.08 bits per heavy atom. The summed E-state index contributed by atoms with van der Waals surface area (Å²) in [5.41, 5.74) is 2.17. The van der Waals surface area contributed by atoms with Gasteiger partial charge in [-0.2, -0.15) is 0 Å². The van der Waals surface area contributed by atoms with Crippen molar-refractivity contribution in [3.8, 4) is 0 Å². The van der Waals surface area contributed by atoms with E-state index in [-0.39, 0.29) is 5.91 Å². The molecule has 0 unspecified atom stereocenters. The van der Waals surface area contributed by atoms with Crippen molar-refractivity contribution in [2.24, 2.45) is 0 Å². The molecule has 1 amide bonds. The maximum Gasteiger partial charge on any atom is 0.258 e. The third-order valence-electron chi connectivity index (χ3n) is 3.74. The first-order valence-electron chi connectivity index (χ1n) is 7.87. The fraction of sp³-hybridized carbons (Fsp3) is 0. The number of rotatable bonds is 4. The van der Waals surface area contributed by atoms with E-state index in [1.165, 1.54) is 11.3 Å². The van der Waals surface area contributed by atoms with E-state index in [1.807, 2.05) is 54.6 Å². The van der Waals surface area contributed by atoms with Crippen molar-refractivity contribution in [2.75, 3.05) is 5.32 Å². The molecular formula is C20H13BrN2O2S. The quantitative estimate of drug-likeness (QED) is 0.419. The standard InChI is InChI=1S/C20H13BrN2O2S/c21-14-9-7-13(8-10-14)16(12-15-4-3-11-25-15)19(24)23-20-22-17-5-1-2-6-18(17)26-20/h1-12H,(H,22,23,24)/b16-12+. The van der Waals surface area contributed by atoms with Crippen molar-refractivity contribution in [1.82, 2.24) is 4.98 Å². The minimum atomic E-state index is -0.234. The van der Waals surface area contributed by atoms with Crippen LogP contribution in [0.4, 0.5) is 5.13 Å². The molecule has 0 fully saturated rings. The van der Waals surface area contributed by atoms with Crippen LogP contribution in [0, 0.1) is 0 Å². The Hall–Kier alpha value is -2.70. The Morgan fingerprint density at radius 3 is 2.62 bits per heavy atom. The molecule has 0 saturated carbocycles. The number of benzene rings is 2. The van der Waals surface area contributed by atoms with Crippen LogP contribution in [0.25, 0.3) is 21.9 Å². The summed E-state index contributed by atoms with van der Waals surface area (Å²) in [6.45, 7) is 0. The van der Waals surface area contributed by atoms with Gasteiger partial charge in [-0.15, -0.1) is 0 Å². The van der Waals surface area contributed by atoms with Gasteiger partial charge in [-0.25, -0.2) is 4.98 Å². The van der Waals surface area contributed by atoms with Crippen molar-refractivity contribution in [2.45, 2.75) is 0 Å². The van der Waals surface area contributed by atoms with Gasteiger partial charge in [-0.05, 0) is 48.0 Å². The third kappa shape index (κ3) is 3.61. The van der Waals surface area contributed by atoms with Gasteiger partial charge < -0.3 is 4.42 Å². The fourth-order valence-electron chi connectivity index (χ4n) is 2.52. The zero-order valence-electron chi connectivity index (χ0n) is 13.5. The molecule has 0 bridgehead atoms. The van der Waals surface area contributed by atoms with E-state index in [0.717, 1.165) is 20.3 Å². The lowest BCUT2D eigenvalue weighted by atomic mass is 10.0. The molecule has 128 valence electrons. The molecule has 1 N–H and O–H groups in total. The predicted molar refractivity (Wildman–Crippen MR) is 109 cm³/mol. The van der Waals surface area contributed by atoms with Crippen LogP contribution in [0.5, 0.6) is 0 Å². The van der Waals surface area contributed by atoms with Gasteiger partial charge in [-0.3, -0.25) is 10.1 Å². The van der Waals surface area contributed by atoms with Crippen LogP contribution in [-0.4, -0.2) is 10.9 Å². The fourth-order valence-corrected chi connectivity index (χ4v) is 3.64. The van der Waals surface area contributed by atoms with Gasteiger partial charge in [0.05, 0.1) is 22.1 Å². The Labute approximate surface area is 162 Å². The summed E-state index contributed by atoms with van der Waals surface area (Å²) < 4.78 is 7.36. The number of fused-ring (bicyclic) bond motifs is 1. The molecule has 0 spiro atoms. The molecule has 0 aliphatic carbocycles.